The summed E-state index contributed by atoms with van der Waals surface area (Å²) in [5.41, 5.74) is 7.75. The molecule has 0 spiro atoms. The van der Waals surface area contributed by atoms with E-state index in [9.17, 15) is 0 Å². The van der Waals surface area contributed by atoms with Gasteiger partial charge in [0.05, 0.1) is 20.5 Å². The Morgan fingerprint density at radius 1 is 1.05 bits per heavy atom. The Morgan fingerprint density at radius 3 is 2.43 bits per heavy atom. The lowest BCUT2D eigenvalue weighted by Crippen LogP contribution is -1.89. The Balaban J connectivity index is 2.24. The average molecular weight is 380 g/mol. The fourth-order valence-corrected chi connectivity index (χ4v) is 3.90. The van der Waals surface area contributed by atoms with E-state index in [2.05, 4.69) is 5.16 Å². The van der Waals surface area contributed by atoms with Crippen LogP contribution in [0.5, 0.6) is 0 Å². The zero-order chi connectivity index (χ0) is 15.1. The number of benzene rings is 1. The zero-order valence-corrected chi connectivity index (χ0v) is 14.0. The predicted octanol–water partition coefficient (Wildman–Crippen LogP) is 6.27. The Hall–Kier alpha value is -0.910. The molecular weight excluding hydrogens is 374 g/mol. The number of hydrogen-bond acceptors (Lipinski definition) is 4. The fourth-order valence-electron chi connectivity index (χ4n) is 1.93. The molecule has 0 atom stereocenters. The Labute approximate surface area is 144 Å². The van der Waals surface area contributed by atoms with Gasteiger partial charge in [-0.15, -0.1) is 11.3 Å². The normalized spacial score (nSPS) is 11.0. The van der Waals surface area contributed by atoms with Gasteiger partial charge >= 0.3 is 0 Å². The summed E-state index contributed by atoms with van der Waals surface area (Å²) >= 11 is 25.5. The highest BCUT2D eigenvalue weighted by Gasteiger charge is 2.23. The topological polar surface area (TPSA) is 52.0 Å². The van der Waals surface area contributed by atoms with Crippen molar-refractivity contribution >= 4 is 63.6 Å². The van der Waals surface area contributed by atoms with Crippen molar-refractivity contribution in [2.45, 2.75) is 0 Å². The molecule has 108 valence electrons. The maximum absolute atomic E-state index is 6.23. The Morgan fingerprint density at radius 2 is 1.81 bits per heavy atom. The third-order valence-electron chi connectivity index (χ3n) is 2.82. The summed E-state index contributed by atoms with van der Waals surface area (Å²) in [4.78, 5) is 0. The van der Waals surface area contributed by atoms with Gasteiger partial charge in [0.25, 0.3) is 0 Å². The van der Waals surface area contributed by atoms with Gasteiger partial charge in [0.2, 0.25) is 0 Å². The molecule has 3 nitrogen and oxygen atoms in total. The maximum atomic E-state index is 6.23. The predicted molar refractivity (Wildman–Crippen MR) is 89.7 cm³/mol. The molecule has 0 aliphatic rings. The molecule has 0 radical (unpaired) electrons. The van der Waals surface area contributed by atoms with Crippen molar-refractivity contribution in [2.24, 2.45) is 0 Å². The molecule has 0 saturated heterocycles. The minimum absolute atomic E-state index is 0.215. The van der Waals surface area contributed by atoms with Crippen LogP contribution >= 0.6 is 57.7 Å². The van der Waals surface area contributed by atoms with Crippen molar-refractivity contribution in [3.63, 3.8) is 0 Å². The summed E-state index contributed by atoms with van der Waals surface area (Å²) in [5.74, 6) is 0.637. The number of nitrogen functional groups attached to an aromatic ring is 1. The average Bonchev–Trinajstić information content (AvgIpc) is 2.93. The van der Waals surface area contributed by atoms with Crippen molar-refractivity contribution in [1.82, 2.24) is 5.16 Å². The minimum atomic E-state index is 0.215. The highest BCUT2D eigenvalue weighted by molar-refractivity contribution is 7.20. The molecule has 0 aliphatic carbocycles. The lowest BCUT2D eigenvalue weighted by molar-refractivity contribution is 0.436. The van der Waals surface area contributed by atoms with E-state index in [1.54, 1.807) is 24.3 Å². The number of nitrogens with zero attached hydrogens (tertiary/aromatic N) is 1. The molecule has 2 heterocycles. The van der Waals surface area contributed by atoms with Gasteiger partial charge in [-0.1, -0.05) is 57.6 Å². The first-order valence-electron chi connectivity index (χ1n) is 5.63. The smallest absolute Gasteiger partial charge is 0.179 e. The van der Waals surface area contributed by atoms with Crippen LogP contribution in [0.4, 0.5) is 5.82 Å². The molecule has 2 N–H and O–H groups in total. The number of aromatic nitrogens is 1. The molecule has 0 bridgehead atoms. The third kappa shape index (κ3) is 2.74. The Kier molecular flexibility index (Phi) is 4.08. The van der Waals surface area contributed by atoms with E-state index in [0.29, 0.717) is 41.2 Å². The minimum Gasteiger partial charge on any atom is -0.380 e. The second-order valence-corrected chi connectivity index (χ2v) is 7.26. The summed E-state index contributed by atoms with van der Waals surface area (Å²) in [7, 11) is 0. The number of nitrogens with two attached hydrogens (primary N) is 1. The lowest BCUT2D eigenvalue weighted by Gasteiger charge is -2.05. The van der Waals surface area contributed by atoms with Crippen LogP contribution in [-0.2, 0) is 0 Å². The second-order valence-electron chi connectivity index (χ2n) is 4.13. The van der Waals surface area contributed by atoms with Gasteiger partial charge in [0.15, 0.2) is 11.6 Å². The summed E-state index contributed by atoms with van der Waals surface area (Å²) in [6, 6.07) is 6.78. The van der Waals surface area contributed by atoms with E-state index < -0.39 is 0 Å². The molecule has 0 aliphatic heterocycles. The molecule has 8 heteroatoms. The van der Waals surface area contributed by atoms with Crippen molar-refractivity contribution in [1.29, 1.82) is 0 Å². The van der Waals surface area contributed by atoms with Crippen LogP contribution in [0.2, 0.25) is 18.7 Å². The van der Waals surface area contributed by atoms with Crippen molar-refractivity contribution in [3.05, 3.63) is 43.0 Å². The van der Waals surface area contributed by atoms with E-state index in [1.165, 1.54) is 11.3 Å². The molecular formula is C13H6Cl4N2OS. The van der Waals surface area contributed by atoms with E-state index in [-0.39, 0.29) is 5.82 Å². The van der Waals surface area contributed by atoms with E-state index in [4.69, 9.17) is 56.7 Å². The highest BCUT2D eigenvalue weighted by atomic mass is 35.5. The number of rotatable bonds is 2. The van der Waals surface area contributed by atoms with Gasteiger partial charge in [0, 0.05) is 10.6 Å². The highest BCUT2D eigenvalue weighted by Crippen LogP contribution is 2.45. The number of anilines is 1. The molecule has 0 amide bonds. The number of halogens is 4. The summed E-state index contributed by atoms with van der Waals surface area (Å²) in [6.07, 6.45) is 0. The standard InChI is InChI=1S/C13H6Cl4N2OS/c14-5-1-2-6(8(15)3-5)10-11(20-19-13(10)18)7-4-9(16)21-12(7)17/h1-4H,(H2,18,19). The monoisotopic (exact) mass is 378 g/mol. The first-order valence-corrected chi connectivity index (χ1v) is 7.96. The van der Waals surface area contributed by atoms with Crippen LogP contribution in [0.25, 0.3) is 22.5 Å². The van der Waals surface area contributed by atoms with E-state index in [1.807, 2.05) is 0 Å². The van der Waals surface area contributed by atoms with Gasteiger partial charge in [-0.3, -0.25) is 0 Å². The van der Waals surface area contributed by atoms with Gasteiger partial charge in [-0.25, -0.2) is 0 Å². The van der Waals surface area contributed by atoms with Gasteiger partial charge in [-0.2, -0.15) is 0 Å². The van der Waals surface area contributed by atoms with Gasteiger partial charge in [0.1, 0.15) is 4.34 Å². The summed E-state index contributed by atoms with van der Waals surface area (Å²) < 4.78 is 6.34. The summed E-state index contributed by atoms with van der Waals surface area (Å²) in [6.45, 7) is 0. The van der Waals surface area contributed by atoms with Gasteiger partial charge < -0.3 is 10.3 Å². The van der Waals surface area contributed by atoms with Crippen LogP contribution in [0, 0.1) is 0 Å². The zero-order valence-electron chi connectivity index (χ0n) is 10.2. The molecule has 0 unspecified atom stereocenters. The van der Waals surface area contributed by atoms with Crippen molar-refractivity contribution < 1.29 is 4.52 Å². The van der Waals surface area contributed by atoms with E-state index in [0.717, 1.165) is 0 Å². The van der Waals surface area contributed by atoms with Crippen LogP contribution in [0.1, 0.15) is 0 Å². The van der Waals surface area contributed by atoms with Crippen LogP contribution < -0.4 is 5.73 Å². The summed E-state index contributed by atoms with van der Waals surface area (Å²) in [5, 5.41) is 4.76. The van der Waals surface area contributed by atoms with Crippen molar-refractivity contribution in [2.75, 3.05) is 5.73 Å². The van der Waals surface area contributed by atoms with Crippen LogP contribution in [0.15, 0.2) is 28.8 Å². The van der Waals surface area contributed by atoms with Crippen molar-refractivity contribution in [3.8, 4) is 22.5 Å². The number of thiophene rings is 1. The third-order valence-corrected chi connectivity index (χ3v) is 4.86. The largest absolute Gasteiger partial charge is 0.380 e. The second kappa shape index (κ2) is 5.71. The quantitative estimate of drug-likeness (QED) is 0.571. The SMILES string of the molecule is Nc1noc(-c2cc(Cl)sc2Cl)c1-c1ccc(Cl)cc1Cl. The fraction of sp³-hybridized carbons (Fsp3) is 0. The molecule has 3 aromatic rings. The maximum Gasteiger partial charge on any atom is 0.179 e. The molecule has 0 fully saturated rings. The molecule has 2 aromatic heterocycles. The first-order chi connectivity index (χ1) is 9.97. The molecule has 21 heavy (non-hydrogen) atoms. The lowest BCUT2D eigenvalue weighted by atomic mass is 10.0. The molecule has 3 rings (SSSR count). The Bertz CT molecular complexity index is 828. The van der Waals surface area contributed by atoms with Crippen LogP contribution in [-0.4, -0.2) is 5.16 Å². The van der Waals surface area contributed by atoms with Crippen LogP contribution in [0.3, 0.4) is 0 Å². The molecule has 0 saturated carbocycles. The number of hydrogen-bond donors (Lipinski definition) is 1. The molecule has 1 aromatic carbocycles. The first kappa shape index (κ1) is 15.0. The van der Waals surface area contributed by atoms with E-state index >= 15 is 0 Å². The van der Waals surface area contributed by atoms with Gasteiger partial charge in [-0.05, 0) is 18.2 Å².